The molecule has 1 rings (SSSR count). The zero-order valence-electron chi connectivity index (χ0n) is 8.94. The van der Waals surface area contributed by atoms with Crippen LogP contribution in [0.3, 0.4) is 0 Å². The first-order valence-electron chi connectivity index (χ1n) is 4.92. The highest BCUT2D eigenvalue weighted by atomic mass is 16.3. The minimum atomic E-state index is -0.425. The van der Waals surface area contributed by atoms with Gasteiger partial charge < -0.3 is 21.1 Å². The van der Waals surface area contributed by atoms with Crippen molar-refractivity contribution in [3.63, 3.8) is 0 Å². The van der Waals surface area contributed by atoms with Gasteiger partial charge in [-0.15, -0.1) is 0 Å². The quantitative estimate of drug-likeness (QED) is 0.614. The molecule has 0 aliphatic carbocycles. The van der Waals surface area contributed by atoms with Crippen molar-refractivity contribution in [3.05, 3.63) is 17.7 Å². The summed E-state index contributed by atoms with van der Waals surface area (Å²) in [6, 6.07) is 1.93. The SMILES string of the molecule is CC(C)C[C@@H](N)c1c(O)cc(O)cc1O. The van der Waals surface area contributed by atoms with Gasteiger partial charge in [-0.3, -0.25) is 0 Å². The fourth-order valence-electron chi connectivity index (χ4n) is 1.61. The minimum Gasteiger partial charge on any atom is -0.508 e. The third kappa shape index (κ3) is 2.76. The van der Waals surface area contributed by atoms with Crippen molar-refractivity contribution < 1.29 is 15.3 Å². The van der Waals surface area contributed by atoms with E-state index in [0.717, 1.165) is 0 Å². The predicted molar refractivity (Wildman–Crippen MR) is 57.8 cm³/mol. The van der Waals surface area contributed by atoms with Crippen molar-refractivity contribution in [3.8, 4) is 17.2 Å². The average molecular weight is 211 g/mol. The first-order valence-corrected chi connectivity index (χ1v) is 4.92. The van der Waals surface area contributed by atoms with E-state index in [9.17, 15) is 10.2 Å². The fourth-order valence-corrected chi connectivity index (χ4v) is 1.61. The summed E-state index contributed by atoms with van der Waals surface area (Å²) in [6.07, 6.45) is 0.659. The molecular formula is C11H17NO3. The minimum absolute atomic E-state index is 0.166. The molecule has 0 saturated carbocycles. The zero-order chi connectivity index (χ0) is 11.6. The summed E-state index contributed by atoms with van der Waals surface area (Å²) < 4.78 is 0. The van der Waals surface area contributed by atoms with E-state index >= 15 is 0 Å². The van der Waals surface area contributed by atoms with Crippen molar-refractivity contribution in [1.29, 1.82) is 0 Å². The lowest BCUT2D eigenvalue weighted by Gasteiger charge is -2.17. The maximum Gasteiger partial charge on any atom is 0.127 e. The van der Waals surface area contributed by atoms with E-state index in [-0.39, 0.29) is 17.2 Å². The molecule has 15 heavy (non-hydrogen) atoms. The maximum atomic E-state index is 9.56. The Morgan fingerprint density at radius 1 is 1.13 bits per heavy atom. The van der Waals surface area contributed by atoms with Crippen LogP contribution in [-0.2, 0) is 0 Å². The number of rotatable bonds is 3. The van der Waals surface area contributed by atoms with Crippen LogP contribution in [0.2, 0.25) is 0 Å². The molecule has 0 aliphatic heterocycles. The van der Waals surface area contributed by atoms with Gasteiger partial charge in [0.15, 0.2) is 0 Å². The summed E-state index contributed by atoms with van der Waals surface area (Å²) in [7, 11) is 0. The van der Waals surface area contributed by atoms with Crippen LogP contribution in [0.5, 0.6) is 17.2 Å². The van der Waals surface area contributed by atoms with Crippen molar-refractivity contribution in [2.45, 2.75) is 26.3 Å². The first kappa shape index (κ1) is 11.7. The number of nitrogens with two attached hydrogens (primary N) is 1. The van der Waals surface area contributed by atoms with Gasteiger partial charge >= 0.3 is 0 Å². The molecule has 1 atom stereocenters. The van der Waals surface area contributed by atoms with Crippen LogP contribution in [0, 0.1) is 5.92 Å². The molecule has 4 heteroatoms. The van der Waals surface area contributed by atoms with Crippen LogP contribution in [0.15, 0.2) is 12.1 Å². The van der Waals surface area contributed by atoms with Gasteiger partial charge in [0, 0.05) is 18.2 Å². The third-order valence-corrected chi connectivity index (χ3v) is 2.22. The van der Waals surface area contributed by atoms with Gasteiger partial charge in [-0.25, -0.2) is 0 Å². The normalized spacial score (nSPS) is 13.1. The molecule has 0 radical (unpaired) electrons. The van der Waals surface area contributed by atoms with Gasteiger partial charge in [0.2, 0.25) is 0 Å². The summed E-state index contributed by atoms with van der Waals surface area (Å²) >= 11 is 0. The van der Waals surface area contributed by atoms with Crippen LogP contribution in [0.1, 0.15) is 31.9 Å². The Morgan fingerprint density at radius 3 is 2.00 bits per heavy atom. The van der Waals surface area contributed by atoms with Gasteiger partial charge in [0.1, 0.15) is 17.2 Å². The van der Waals surface area contributed by atoms with Crippen LogP contribution < -0.4 is 5.73 Å². The van der Waals surface area contributed by atoms with Crippen molar-refractivity contribution in [1.82, 2.24) is 0 Å². The molecule has 0 heterocycles. The molecule has 0 saturated heterocycles. The van der Waals surface area contributed by atoms with E-state index in [0.29, 0.717) is 17.9 Å². The van der Waals surface area contributed by atoms with Crippen LogP contribution in [0.4, 0.5) is 0 Å². The summed E-state index contributed by atoms with van der Waals surface area (Å²) in [5, 5.41) is 28.2. The Balaban J connectivity index is 3.03. The van der Waals surface area contributed by atoms with E-state index in [1.165, 1.54) is 12.1 Å². The van der Waals surface area contributed by atoms with Gasteiger partial charge in [-0.2, -0.15) is 0 Å². The Morgan fingerprint density at radius 2 is 1.60 bits per heavy atom. The Labute approximate surface area is 89.0 Å². The molecule has 1 aromatic carbocycles. The number of hydrogen-bond acceptors (Lipinski definition) is 4. The molecule has 1 aromatic rings. The Hall–Kier alpha value is -1.42. The van der Waals surface area contributed by atoms with E-state index in [4.69, 9.17) is 10.8 Å². The maximum absolute atomic E-state index is 9.56. The highest BCUT2D eigenvalue weighted by Crippen LogP contribution is 2.37. The summed E-state index contributed by atoms with van der Waals surface area (Å²) in [6.45, 7) is 4.02. The van der Waals surface area contributed by atoms with Crippen molar-refractivity contribution >= 4 is 0 Å². The Kier molecular flexibility index (Phi) is 3.42. The number of hydrogen-bond donors (Lipinski definition) is 4. The second-order valence-electron chi connectivity index (χ2n) is 4.13. The van der Waals surface area contributed by atoms with E-state index < -0.39 is 6.04 Å². The topological polar surface area (TPSA) is 86.7 Å². The third-order valence-electron chi connectivity index (χ3n) is 2.22. The second-order valence-corrected chi connectivity index (χ2v) is 4.13. The lowest BCUT2D eigenvalue weighted by atomic mass is 9.96. The lowest BCUT2D eigenvalue weighted by molar-refractivity contribution is 0.401. The summed E-state index contributed by atoms with van der Waals surface area (Å²) in [4.78, 5) is 0. The smallest absolute Gasteiger partial charge is 0.127 e. The van der Waals surface area contributed by atoms with Gasteiger partial charge in [0.25, 0.3) is 0 Å². The summed E-state index contributed by atoms with van der Waals surface area (Å²) in [5.41, 5.74) is 6.14. The highest BCUT2D eigenvalue weighted by molar-refractivity contribution is 5.50. The van der Waals surface area contributed by atoms with Crippen molar-refractivity contribution in [2.24, 2.45) is 11.7 Å². The van der Waals surface area contributed by atoms with E-state index in [1.54, 1.807) is 0 Å². The molecule has 0 spiro atoms. The standard InChI is InChI=1S/C11H17NO3/c1-6(2)3-8(12)11-9(14)4-7(13)5-10(11)15/h4-6,8,13-15H,3,12H2,1-2H3/t8-/m1/s1. The molecule has 0 aromatic heterocycles. The fraction of sp³-hybridized carbons (Fsp3) is 0.455. The number of phenols is 3. The van der Waals surface area contributed by atoms with Crippen LogP contribution >= 0.6 is 0 Å². The van der Waals surface area contributed by atoms with E-state index in [1.807, 2.05) is 13.8 Å². The molecular weight excluding hydrogens is 194 g/mol. The van der Waals surface area contributed by atoms with Gasteiger partial charge in [0.05, 0.1) is 5.56 Å². The molecule has 4 nitrogen and oxygen atoms in total. The van der Waals surface area contributed by atoms with Crippen LogP contribution in [-0.4, -0.2) is 15.3 Å². The van der Waals surface area contributed by atoms with Gasteiger partial charge in [-0.05, 0) is 12.3 Å². The number of aromatic hydroxyl groups is 3. The molecule has 0 unspecified atom stereocenters. The van der Waals surface area contributed by atoms with E-state index in [2.05, 4.69) is 0 Å². The average Bonchev–Trinajstić information content (AvgIpc) is 1.99. The molecule has 0 bridgehead atoms. The van der Waals surface area contributed by atoms with Gasteiger partial charge in [-0.1, -0.05) is 13.8 Å². The lowest BCUT2D eigenvalue weighted by Crippen LogP contribution is -2.13. The molecule has 0 aliphatic rings. The Bertz CT molecular complexity index is 327. The first-order chi connectivity index (χ1) is 6.91. The van der Waals surface area contributed by atoms with Crippen LogP contribution in [0.25, 0.3) is 0 Å². The molecule has 0 fully saturated rings. The monoisotopic (exact) mass is 211 g/mol. The summed E-state index contributed by atoms with van der Waals surface area (Å²) in [5.74, 6) is -0.139. The zero-order valence-corrected chi connectivity index (χ0v) is 8.94. The highest BCUT2D eigenvalue weighted by Gasteiger charge is 2.17. The number of benzene rings is 1. The number of phenolic OH excluding ortho intramolecular Hbond substituents is 3. The van der Waals surface area contributed by atoms with Crippen molar-refractivity contribution in [2.75, 3.05) is 0 Å². The second kappa shape index (κ2) is 4.40. The predicted octanol–water partition coefficient (Wildman–Crippen LogP) is 1.85. The molecule has 84 valence electrons. The largest absolute Gasteiger partial charge is 0.508 e. The molecule has 0 amide bonds. The molecule has 5 N–H and O–H groups in total.